The van der Waals surface area contributed by atoms with Crippen molar-refractivity contribution in [1.29, 1.82) is 0 Å². The Hall–Kier alpha value is -4.92. The maximum atomic E-state index is 4.58. The predicted octanol–water partition coefficient (Wildman–Crippen LogP) is 11.2. The van der Waals surface area contributed by atoms with Crippen molar-refractivity contribution < 1.29 is 0 Å². The fourth-order valence-corrected chi connectivity index (χ4v) is 7.10. The summed E-state index contributed by atoms with van der Waals surface area (Å²) >= 11 is 1.84. The van der Waals surface area contributed by atoms with E-state index >= 15 is 0 Å². The van der Waals surface area contributed by atoms with Crippen molar-refractivity contribution in [3.8, 4) is 22.3 Å². The second kappa shape index (κ2) is 9.92. The summed E-state index contributed by atoms with van der Waals surface area (Å²) in [6, 6.07) is 50.4. The molecule has 0 aliphatic heterocycles. The van der Waals surface area contributed by atoms with E-state index in [0.29, 0.717) is 0 Å². The minimum absolute atomic E-state index is 1.18. The summed E-state index contributed by atoms with van der Waals surface area (Å²) in [5.74, 6) is 0. The second-order valence-electron chi connectivity index (χ2n) is 10.4. The molecular weight excluding hydrogens is 515 g/mol. The summed E-state index contributed by atoms with van der Waals surface area (Å²) in [4.78, 5) is 7.08. The lowest BCUT2D eigenvalue weighted by molar-refractivity contribution is 1.36. The molecule has 0 saturated heterocycles. The van der Waals surface area contributed by atoms with Gasteiger partial charge in [-0.2, -0.15) is 0 Å². The molecule has 7 aromatic carbocycles. The predicted molar refractivity (Wildman–Crippen MR) is 176 cm³/mol. The van der Waals surface area contributed by atoms with Gasteiger partial charge in [-0.25, -0.2) is 0 Å². The number of hydrogen-bond donors (Lipinski definition) is 0. The molecule has 1 heterocycles. The summed E-state index contributed by atoms with van der Waals surface area (Å²) in [5.41, 5.74) is 4.94. The molecule has 0 radical (unpaired) electrons. The van der Waals surface area contributed by atoms with Gasteiger partial charge < -0.3 is 0 Å². The van der Waals surface area contributed by atoms with Crippen LogP contribution in [0.1, 0.15) is 0 Å². The van der Waals surface area contributed by atoms with Gasteiger partial charge in [0.05, 0.1) is 0 Å². The number of hydrogen-bond acceptors (Lipinski definition) is 2. The highest BCUT2D eigenvalue weighted by molar-refractivity contribution is 7.99. The van der Waals surface area contributed by atoms with Gasteiger partial charge in [0.1, 0.15) is 0 Å². The molecule has 0 amide bonds. The number of pyridine rings is 1. The highest BCUT2D eigenvalue weighted by Crippen LogP contribution is 2.45. The molecule has 8 aromatic rings. The topological polar surface area (TPSA) is 12.9 Å². The summed E-state index contributed by atoms with van der Waals surface area (Å²) in [6.45, 7) is 0. The lowest BCUT2D eigenvalue weighted by Gasteiger charge is -2.17. The summed E-state index contributed by atoms with van der Waals surface area (Å²) in [7, 11) is 0. The van der Waals surface area contributed by atoms with Crippen molar-refractivity contribution in [3.63, 3.8) is 0 Å². The lowest BCUT2D eigenvalue weighted by atomic mass is 9.92. The van der Waals surface area contributed by atoms with E-state index in [9.17, 15) is 0 Å². The Balaban J connectivity index is 1.28. The maximum absolute atomic E-state index is 4.58. The van der Waals surface area contributed by atoms with Crippen LogP contribution < -0.4 is 0 Å². The lowest BCUT2D eigenvalue weighted by Crippen LogP contribution is -1.90. The van der Waals surface area contributed by atoms with E-state index in [-0.39, 0.29) is 0 Å². The van der Waals surface area contributed by atoms with E-state index < -0.39 is 0 Å². The van der Waals surface area contributed by atoms with Gasteiger partial charge in [0.15, 0.2) is 0 Å². The van der Waals surface area contributed by atoms with Crippen LogP contribution in [0.2, 0.25) is 0 Å². The van der Waals surface area contributed by atoms with E-state index in [1.807, 2.05) is 24.2 Å². The van der Waals surface area contributed by atoms with Crippen LogP contribution in [0.4, 0.5) is 0 Å². The standard InChI is InChI=1S/C39H25NS/c1-2-8-26(9-3-1)29-15-16-31-24-33(19-18-30(31)22-29)41-39-35-13-7-6-12-34(35)38(37-25-40-21-20-36(37)39)32-17-14-27-10-4-5-11-28(27)23-32/h1-25H. The Morgan fingerprint density at radius 1 is 0.415 bits per heavy atom. The van der Waals surface area contributed by atoms with E-state index in [1.54, 1.807) is 0 Å². The average molecular weight is 540 g/mol. The third-order valence-electron chi connectivity index (χ3n) is 7.95. The first kappa shape index (κ1) is 23.9. The second-order valence-corrected chi connectivity index (χ2v) is 11.5. The Labute approximate surface area is 243 Å². The highest BCUT2D eigenvalue weighted by Gasteiger charge is 2.17. The number of aromatic nitrogens is 1. The normalized spacial score (nSPS) is 11.5. The first-order valence-corrected chi connectivity index (χ1v) is 14.7. The molecule has 0 unspecified atom stereocenters. The van der Waals surface area contributed by atoms with Gasteiger partial charge in [-0.15, -0.1) is 0 Å². The van der Waals surface area contributed by atoms with Crippen molar-refractivity contribution in [2.45, 2.75) is 9.79 Å². The van der Waals surface area contributed by atoms with Gasteiger partial charge in [0, 0.05) is 27.6 Å². The summed E-state index contributed by atoms with van der Waals surface area (Å²) in [6.07, 6.45) is 3.94. The van der Waals surface area contributed by atoms with Crippen molar-refractivity contribution in [2.75, 3.05) is 0 Å². The SMILES string of the molecule is c1ccc(-c2ccc3cc(Sc4c5ccccc5c(-c5ccc6ccccc6c5)c5cnccc45)ccc3c2)cc1. The molecule has 192 valence electrons. The first-order chi connectivity index (χ1) is 20.3. The molecule has 41 heavy (non-hydrogen) atoms. The highest BCUT2D eigenvalue weighted by atomic mass is 32.2. The molecule has 0 spiro atoms. The molecule has 2 heteroatoms. The van der Waals surface area contributed by atoms with Crippen LogP contribution in [0, 0.1) is 0 Å². The molecule has 0 atom stereocenters. The molecule has 0 aliphatic rings. The number of rotatable bonds is 4. The van der Waals surface area contributed by atoms with Crippen molar-refractivity contribution >= 4 is 54.9 Å². The van der Waals surface area contributed by atoms with Gasteiger partial charge in [-0.3, -0.25) is 4.98 Å². The van der Waals surface area contributed by atoms with Crippen LogP contribution in [0.5, 0.6) is 0 Å². The molecule has 0 aliphatic carbocycles. The molecule has 0 N–H and O–H groups in total. The van der Waals surface area contributed by atoms with Crippen LogP contribution in [0.15, 0.2) is 162 Å². The third-order valence-corrected chi connectivity index (χ3v) is 9.09. The average Bonchev–Trinajstić information content (AvgIpc) is 3.04. The third kappa shape index (κ3) is 4.25. The summed E-state index contributed by atoms with van der Waals surface area (Å²) < 4.78 is 0. The Morgan fingerprint density at radius 3 is 1.95 bits per heavy atom. The summed E-state index contributed by atoms with van der Waals surface area (Å²) in [5, 5.41) is 9.92. The maximum Gasteiger partial charge on any atom is 0.0353 e. The van der Waals surface area contributed by atoms with Gasteiger partial charge in [0.25, 0.3) is 0 Å². The smallest absolute Gasteiger partial charge is 0.0353 e. The van der Waals surface area contributed by atoms with Crippen LogP contribution >= 0.6 is 11.8 Å². The van der Waals surface area contributed by atoms with Gasteiger partial charge in [0.2, 0.25) is 0 Å². The zero-order chi connectivity index (χ0) is 27.2. The number of benzene rings is 7. The molecule has 8 rings (SSSR count). The van der Waals surface area contributed by atoms with Gasteiger partial charge >= 0.3 is 0 Å². The monoisotopic (exact) mass is 539 g/mol. The van der Waals surface area contributed by atoms with Crippen LogP contribution in [0.25, 0.3) is 65.3 Å². The molecule has 1 nitrogen and oxygen atoms in total. The number of fused-ring (bicyclic) bond motifs is 4. The van der Waals surface area contributed by atoms with E-state index in [4.69, 9.17) is 0 Å². The fourth-order valence-electron chi connectivity index (χ4n) is 5.96. The van der Waals surface area contributed by atoms with Crippen LogP contribution in [0.3, 0.4) is 0 Å². The molecule has 0 fully saturated rings. The van der Waals surface area contributed by atoms with E-state index in [1.165, 1.54) is 75.1 Å². The molecular formula is C39H25NS. The fraction of sp³-hybridized carbons (Fsp3) is 0. The minimum Gasteiger partial charge on any atom is -0.264 e. The molecule has 0 bridgehead atoms. The Morgan fingerprint density at radius 2 is 1.05 bits per heavy atom. The van der Waals surface area contributed by atoms with Crippen LogP contribution in [-0.2, 0) is 0 Å². The van der Waals surface area contributed by atoms with E-state index in [2.05, 4.69) is 145 Å². The molecule has 0 saturated carbocycles. The Bertz CT molecular complexity index is 2180. The zero-order valence-corrected chi connectivity index (χ0v) is 23.1. The van der Waals surface area contributed by atoms with Crippen molar-refractivity contribution in [2.24, 2.45) is 0 Å². The minimum atomic E-state index is 1.18. The number of nitrogens with zero attached hydrogens (tertiary/aromatic N) is 1. The van der Waals surface area contributed by atoms with Gasteiger partial charge in [-0.05, 0) is 90.3 Å². The van der Waals surface area contributed by atoms with Crippen molar-refractivity contribution in [3.05, 3.63) is 152 Å². The zero-order valence-electron chi connectivity index (χ0n) is 22.3. The van der Waals surface area contributed by atoms with Crippen LogP contribution in [-0.4, -0.2) is 4.98 Å². The van der Waals surface area contributed by atoms with E-state index in [0.717, 1.165) is 0 Å². The molecule has 1 aromatic heterocycles. The Kier molecular flexibility index (Phi) is 5.79. The largest absolute Gasteiger partial charge is 0.264 e. The quantitative estimate of drug-likeness (QED) is 0.206. The van der Waals surface area contributed by atoms with Gasteiger partial charge in [-0.1, -0.05) is 121 Å². The van der Waals surface area contributed by atoms with Crippen molar-refractivity contribution in [1.82, 2.24) is 4.98 Å². The first-order valence-electron chi connectivity index (χ1n) is 13.9.